The van der Waals surface area contributed by atoms with E-state index in [-0.39, 0.29) is 0 Å². The molecular formula is C16H32O2. The molecule has 2 atom stereocenters. The largest absolute Gasteiger partial charge is 0.481 e. The quantitative estimate of drug-likeness (QED) is 0.483. The van der Waals surface area contributed by atoms with Crippen molar-refractivity contribution in [1.29, 1.82) is 0 Å². The average molecular weight is 256 g/mol. The Labute approximate surface area is 113 Å². The molecule has 0 spiro atoms. The fourth-order valence-corrected chi connectivity index (χ4v) is 2.30. The van der Waals surface area contributed by atoms with Crippen LogP contribution in [-0.2, 0) is 4.79 Å². The number of aliphatic carboxylic acids is 1. The highest BCUT2D eigenvalue weighted by Gasteiger charge is 2.06. The van der Waals surface area contributed by atoms with E-state index in [0.717, 1.165) is 12.3 Å². The van der Waals surface area contributed by atoms with Gasteiger partial charge in [0.1, 0.15) is 0 Å². The van der Waals surface area contributed by atoms with Crippen molar-refractivity contribution in [3.05, 3.63) is 0 Å². The summed E-state index contributed by atoms with van der Waals surface area (Å²) in [6.07, 6.45) is 12.0. The summed E-state index contributed by atoms with van der Waals surface area (Å²) in [5, 5.41) is 8.65. The van der Waals surface area contributed by atoms with Crippen LogP contribution in [0.2, 0.25) is 0 Å². The summed E-state index contributed by atoms with van der Waals surface area (Å²) in [5.74, 6) is 0.572. The molecule has 0 aliphatic carbocycles. The van der Waals surface area contributed by atoms with E-state index in [9.17, 15) is 4.79 Å². The predicted octanol–water partition coefficient (Wildman–Crippen LogP) is 5.26. The number of hydrogen-bond donors (Lipinski definition) is 1. The molecule has 0 radical (unpaired) electrons. The second-order valence-corrected chi connectivity index (χ2v) is 5.92. The first-order chi connectivity index (χ1) is 8.56. The van der Waals surface area contributed by atoms with Crippen LogP contribution in [0.3, 0.4) is 0 Å². The van der Waals surface area contributed by atoms with Crippen LogP contribution in [0.25, 0.3) is 0 Å². The first-order valence-corrected chi connectivity index (χ1v) is 7.78. The number of carboxylic acid groups (broad SMARTS) is 1. The molecule has 0 aromatic rings. The molecular weight excluding hydrogens is 224 g/mol. The second kappa shape index (κ2) is 11.6. The van der Waals surface area contributed by atoms with Crippen molar-refractivity contribution in [2.75, 3.05) is 0 Å². The molecule has 0 aliphatic rings. The SMILES string of the molecule is CCC(C)CCCCCCCCC(C)CC(=O)O. The van der Waals surface area contributed by atoms with Crippen molar-refractivity contribution in [2.45, 2.75) is 85.0 Å². The van der Waals surface area contributed by atoms with Crippen molar-refractivity contribution in [2.24, 2.45) is 11.8 Å². The Kier molecular flexibility index (Phi) is 11.2. The highest BCUT2D eigenvalue weighted by Crippen LogP contribution is 2.16. The minimum absolute atomic E-state index is 0.328. The Bertz CT molecular complexity index is 201. The van der Waals surface area contributed by atoms with Gasteiger partial charge in [-0.25, -0.2) is 0 Å². The summed E-state index contributed by atoms with van der Waals surface area (Å²) in [4.78, 5) is 10.5. The topological polar surface area (TPSA) is 37.3 Å². The zero-order valence-electron chi connectivity index (χ0n) is 12.6. The van der Waals surface area contributed by atoms with Gasteiger partial charge in [0, 0.05) is 6.42 Å². The minimum Gasteiger partial charge on any atom is -0.481 e. The van der Waals surface area contributed by atoms with E-state index in [1.807, 2.05) is 6.92 Å². The Hall–Kier alpha value is -0.530. The molecule has 0 fully saturated rings. The first kappa shape index (κ1) is 17.5. The summed E-state index contributed by atoms with van der Waals surface area (Å²) >= 11 is 0. The van der Waals surface area contributed by atoms with Crippen molar-refractivity contribution < 1.29 is 9.90 Å². The third-order valence-corrected chi connectivity index (χ3v) is 3.86. The molecule has 18 heavy (non-hydrogen) atoms. The lowest BCUT2D eigenvalue weighted by molar-refractivity contribution is -0.138. The van der Waals surface area contributed by atoms with Gasteiger partial charge in [-0.2, -0.15) is 0 Å². The van der Waals surface area contributed by atoms with Crippen LogP contribution in [0.4, 0.5) is 0 Å². The number of rotatable bonds is 12. The fraction of sp³-hybridized carbons (Fsp3) is 0.938. The van der Waals surface area contributed by atoms with E-state index in [1.54, 1.807) is 0 Å². The smallest absolute Gasteiger partial charge is 0.303 e. The fourth-order valence-electron chi connectivity index (χ4n) is 2.30. The third-order valence-electron chi connectivity index (χ3n) is 3.86. The zero-order chi connectivity index (χ0) is 13.8. The molecule has 0 saturated carbocycles. The molecule has 2 heteroatoms. The normalized spacial score (nSPS) is 14.4. The van der Waals surface area contributed by atoms with Gasteiger partial charge < -0.3 is 5.11 Å². The molecule has 0 amide bonds. The molecule has 1 N–H and O–H groups in total. The van der Waals surface area contributed by atoms with Gasteiger partial charge in [0.2, 0.25) is 0 Å². The van der Waals surface area contributed by atoms with Crippen LogP contribution in [0.5, 0.6) is 0 Å². The van der Waals surface area contributed by atoms with Gasteiger partial charge in [0.15, 0.2) is 0 Å². The summed E-state index contributed by atoms with van der Waals surface area (Å²) < 4.78 is 0. The summed E-state index contributed by atoms with van der Waals surface area (Å²) in [6, 6.07) is 0. The van der Waals surface area contributed by atoms with Crippen LogP contribution >= 0.6 is 0 Å². The maximum atomic E-state index is 10.5. The maximum Gasteiger partial charge on any atom is 0.303 e. The van der Waals surface area contributed by atoms with E-state index in [1.165, 1.54) is 51.4 Å². The van der Waals surface area contributed by atoms with E-state index < -0.39 is 5.97 Å². The monoisotopic (exact) mass is 256 g/mol. The molecule has 0 rings (SSSR count). The standard InChI is InChI=1S/C16H32O2/c1-4-14(2)11-9-7-5-6-8-10-12-15(3)13-16(17)18/h14-15H,4-13H2,1-3H3,(H,17,18). The van der Waals surface area contributed by atoms with Crippen LogP contribution in [-0.4, -0.2) is 11.1 Å². The van der Waals surface area contributed by atoms with Crippen molar-refractivity contribution >= 4 is 5.97 Å². The molecule has 2 unspecified atom stereocenters. The highest BCUT2D eigenvalue weighted by molar-refractivity contribution is 5.66. The van der Waals surface area contributed by atoms with E-state index in [2.05, 4.69) is 13.8 Å². The lowest BCUT2D eigenvalue weighted by Gasteiger charge is -2.09. The Morgan fingerprint density at radius 1 is 0.889 bits per heavy atom. The summed E-state index contributed by atoms with van der Waals surface area (Å²) in [7, 11) is 0. The predicted molar refractivity (Wildman–Crippen MR) is 77.8 cm³/mol. The first-order valence-electron chi connectivity index (χ1n) is 7.78. The van der Waals surface area contributed by atoms with Gasteiger partial charge in [-0.3, -0.25) is 4.79 Å². The van der Waals surface area contributed by atoms with Crippen molar-refractivity contribution in [1.82, 2.24) is 0 Å². The number of unbranched alkanes of at least 4 members (excludes halogenated alkanes) is 5. The molecule has 0 saturated heterocycles. The summed E-state index contributed by atoms with van der Waals surface area (Å²) in [5.41, 5.74) is 0. The van der Waals surface area contributed by atoms with E-state index in [4.69, 9.17) is 5.11 Å². The van der Waals surface area contributed by atoms with Crippen LogP contribution in [0, 0.1) is 11.8 Å². The number of hydrogen-bond acceptors (Lipinski definition) is 1. The third kappa shape index (κ3) is 11.9. The number of carbonyl (C=O) groups is 1. The Balaban J connectivity index is 3.18. The zero-order valence-corrected chi connectivity index (χ0v) is 12.6. The maximum absolute atomic E-state index is 10.5. The minimum atomic E-state index is -0.660. The average Bonchev–Trinajstić information content (AvgIpc) is 2.31. The van der Waals surface area contributed by atoms with Gasteiger partial charge in [0.05, 0.1) is 0 Å². The molecule has 0 heterocycles. The lowest BCUT2D eigenvalue weighted by Crippen LogP contribution is -2.03. The van der Waals surface area contributed by atoms with Crippen LogP contribution < -0.4 is 0 Å². The lowest BCUT2D eigenvalue weighted by atomic mass is 9.97. The highest BCUT2D eigenvalue weighted by atomic mass is 16.4. The molecule has 2 nitrogen and oxygen atoms in total. The molecule has 0 aliphatic heterocycles. The molecule has 108 valence electrons. The van der Waals surface area contributed by atoms with Crippen LogP contribution in [0.15, 0.2) is 0 Å². The Morgan fingerprint density at radius 2 is 1.33 bits per heavy atom. The van der Waals surface area contributed by atoms with E-state index >= 15 is 0 Å². The van der Waals surface area contributed by atoms with E-state index in [0.29, 0.717) is 12.3 Å². The van der Waals surface area contributed by atoms with Crippen LogP contribution in [0.1, 0.15) is 85.0 Å². The van der Waals surface area contributed by atoms with Gasteiger partial charge in [-0.1, -0.05) is 78.6 Å². The van der Waals surface area contributed by atoms with Gasteiger partial charge >= 0.3 is 5.97 Å². The summed E-state index contributed by atoms with van der Waals surface area (Å²) in [6.45, 7) is 6.65. The van der Waals surface area contributed by atoms with Crippen molar-refractivity contribution in [3.63, 3.8) is 0 Å². The number of carboxylic acids is 1. The van der Waals surface area contributed by atoms with Crippen molar-refractivity contribution in [3.8, 4) is 0 Å². The molecule has 0 bridgehead atoms. The van der Waals surface area contributed by atoms with Gasteiger partial charge in [-0.15, -0.1) is 0 Å². The molecule has 0 aromatic heterocycles. The molecule has 0 aromatic carbocycles. The second-order valence-electron chi connectivity index (χ2n) is 5.92. The van der Waals surface area contributed by atoms with Gasteiger partial charge in [-0.05, 0) is 11.8 Å². The van der Waals surface area contributed by atoms with Gasteiger partial charge in [0.25, 0.3) is 0 Å². The Morgan fingerprint density at radius 3 is 1.78 bits per heavy atom.